The maximum Gasteiger partial charge on any atom is 0.319 e. The Kier molecular flexibility index (Phi) is 4.41. The summed E-state index contributed by atoms with van der Waals surface area (Å²) >= 11 is 0. The van der Waals surface area contributed by atoms with Crippen molar-refractivity contribution in [2.75, 3.05) is 45.2 Å². The van der Waals surface area contributed by atoms with E-state index in [1.165, 1.54) is 6.92 Å². The number of carbonyl (C=O) groups excluding carboxylic acids is 3. The average molecular weight is 344 g/mol. The average Bonchev–Trinajstić information content (AvgIpc) is 3.01. The van der Waals surface area contributed by atoms with Crippen LogP contribution in [0.15, 0.2) is 30.3 Å². The number of rotatable bonds is 1. The van der Waals surface area contributed by atoms with Gasteiger partial charge in [-0.25, -0.2) is 4.79 Å². The monoisotopic (exact) mass is 344 g/mol. The van der Waals surface area contributed by atoms with Crippen LogP contribution in [-0.2, 0) is 9.59 Å². The third-order valence-corrected chi connectivity index (χ3v) is 5.05. The van der Waals surface area contributed by atoms with Crippen molar-refractivity contribution in [1.29, 1.82) is 0 Å². The molecule has 2 fully saturated rings. The summed E-state index contributed by atoms with van der Waals surface area (Å²) in [5.74, 6) is -0.218. The van der Waals surface area contributed by atoms with Crippen LogP contribution in [-0.4, -0.2) is 78.4 Å². The number of hydrogen-bond acceptors (Lipinski definition) is 3. The van der Waals surface area contributed by atoms with Gasteiger partial charge in [0.25, 0.3) is 0 Å². The van der Waals surface area contributed by atoms with Crippen molar-refractivity contribution in [1.82, 2.24) is 14.7 Å². The van der Waals surface area contributed by atoms with Crippen molar-refractivity contribution in [3.63, 3.8) is 0 Å². The van der Waals surface area contributed by atoms with Crippen molar-refractivity contribution in [3.05, 3.63) is 30.3 Å². The zero-order chi connectivity index (χ0) is 18.2. The van der Waals surface area contributed by atoms with E-state index < -0.39 is 5.54 Å². The summed E-state index contributed by atoms with van der Waals surface area (Å²) in [6.45, 7) is 2.97. The fraction of sp³-hybridized carbons (Fsp3) is 0.500. The SMILES string of the molecule is CC(=O)N1CC(=O)N(c2ccccc2)C[C@]12CCN(C(=O)N(C)C)C2. The molecule has 0 unspecified atom stereocenters. The molecule has 2 aliphatic heterocycles. The molecule has 7 nitrogen and oxygen atoms in total. The topological polar surface area (TPSA) is 64.2 Å². The van der Waals surface area contributed by atoms with Crippen LogP contribution >= 0.6 is 0 Å². The summed E-state index contributed by atoms with van der Waals surface area (Å²) in [5.41, 5.74) is 0.300. The molecule has 4 amide bonds. The molecule has 1 atom stereocenters. The highest BCUT2D eigenvalue weighted by Crippen LogP contribution is 2.34. The summed E-state index contributed by atoms with van der Waals surface area (Å²) < 4.78 is 0. The minimum absolute atomic E-state index is 0.0498. The van der Waals surface area contributed by atoms with Crippen molar-refractivity contribution >= 4 is 23.5 Å². The quantitative estimate of drug-likeness (QED) is 0.764. The number of benzene rings is 1. The van der Waals surface area contributed by atoms with E-state index in [-0.39, 0.29) is 24.4 Å². The van der Waals surface area contributed by atoms with Crippen LogP contribution in [0.5, 0.6) is 0 Å². The maximum atomic E-state index is 12.6. The second-order valence-electron chi connectivity index (χ2n) is 6.99. The van der Waals surface area contributed by atoms with E-state index >= 15 is 0 Å². The van der Waals surface area contributed by atoms with Gasteiger partial charge in [0.05, 0.1) is 12.1 Å². The van der Waals surface area contributed by atoms with Gasteiger partial charge < -0.3 is 19.6 Å². The lowest BCUT2D eigenvalue weighted by atomic mass is 9.91. The number of para-hydroxylation sites is 1. The smallest absolute Gasteiger partial charge is 0.319 e. The minimum atomic E-state index is -0.527. The minimum Gasteiger partial charge on any atom is -0.331 e. The van der Waals surface area contributed by atoms with Gasteiger partial charge in [-0.1, -0.05) is 18.2 Å². The van der Waals surface area contributed by atoms with Crippen molar-refractivity contribution in [2.45, 2.75) is 18.9 Å². The molecule has 0 aliphatic carbocycles. The van der Waals surface area contributed by atoms with Gasteiger partial charge in [-0.15, -0.1) is 0 Å². The van der Waals surface area contributed by atoms with E-state index in [0.29, 0.717) is 26.1 Å². The lowest BCUT2D eigenvalue weighted by Crippen LogP contribution is -2.67. The van der Waals surface area contributed by atoms with Gasteiger partial charge in [-0.3, -0.25) is 9.59 Å². The fourth-order valence-corrected chi connectivity index (χ4v) is 3.80. The van der Waals surface area contributed by atoms with Crippen LogP contribution in [0.1, 0.15) is 13.3 Å². The van der Waals surface area contributed by atoms with Gasteiger partial charge in [0.2, 0.25) is 11.8 Å². The Bertz CT molecular complexity index is 691. The largest absolute Gasteiger partial charge is 0.331 e. The van der Waals surface area contributed by atoms with Gasteiger partial charge in [0.15, 0.2) is 0 Å². The third-order valence-electron chi connectivity index (χ3n) is 5.05. The van der Waals surface area contributed by atoms with E-state index in [4.69, 9.17) is 0 Å². The van der Waals surface area contributed by atoms with E-state index in [9.17, 15) is 14.4 Å². The molecule has 1 aromatic rings. The number of piperazine rings is 1. The highest BCUT2D eigenvalue weighted by molar-refractivity contribution is 5.98. The number of carbonyl (C=O) groups is 3. The predicted molar refractivity (Wildman–Crippen MR) is 94.2 cm³/mol. The number of anilines is 1. The van der Waals surface area contributed by atoms with Crippen molar-refractivity contribution in [2.24, 2.45) is 0 Å². The highest BCUT2D eigenvalue weighted by Gasteiger charge is 2.51. The first-order chi connectivity index (χ1) is 11.8. The summed E-state index contributed by atoms with van der Waals surface area (Å²) in [6.07, 6.45) is 0.669. The second kappa shape index (κ2) is 6.38. The first kappa shape index (κ1) is 17.3. The number of amides is 4. The number of likely N-dealkylation sites (tertiary alicyclic amines) is 1. The van der Waals surface area contributed by atoms with Crippen molar-refractivity contribution in [3.8, 4) is 0 Å². The molecule has 25 heavy (non-hydrogen) atoms. The van der Waals surface area contributed by atoms with Crippen LogP contribution in [0.25, 0.3) is 0 Å². The zero-order valence-corrected chi connectivity index (χ0v) is 14.9. The molecule has 3 rings (SSSR count). The fourth-order valence-electron chi connectivity index (χ4n) is 3.80. The summed E-state index contributed by atoms with van der Waals surface area (Å²) in [5, 5.41) is 0. The Balaban J connectivity index is 1.90. The highest BCUT2D eigenvalue weighted by atomic mass is 16.2. The van der Waals surface area contributed by atoms with E-state index in [0.717, 1.165) is 5.69 Å². The Morgan fingerprint density at radius 1 is 1.12 bits per heavy atom. The lowest BCUT2D eigenvalue weighted by Gasteiger charge is -2.48. The van der Waals surface area contributed by atoms with E-state index in [1.54, 1.807) is 33.7 Å². The number of nitrogens with zero attached hydrogens (tertiary/aromatic N) is 4. The molecule has 2 aliphatic rings. The molecule has 7 heteroatoms. The van der Waals surface area contributed by atoms with Gasteiger partial charge >= 0.3 is 6.03 Å². The predicted octanol–water partition coefficient (Wildman–Crippen LogP) is 1.01. The number of hydrogen-bond donors (Lipinski definition) is 0. The molecule has 0 bridgehead atoms. The van der Waals surface area contributed by atoms with Crippen molar-refractivity contribution < 1.29 is 14.4 Å². The molecule has 1 spiro atoms. The number of urea groups is 1. The standard InChI is InChI=1S/C18H24N4O3/c1-14(23)22-11-16(24)21(15-7-5-4-6-8-15)13-18(22)9-10-20(12-18)17(25)19(2)3/h4-8H,9-13H2,1-3H3/t18-/m1/s1. The molecule has 0 radical (unpaired) electrons. The molecule has 1 aromatic carbocycles. The molecule has 0 saturated carbocycles. The van der Waals surface area contributed by atoms with Gasteiger partial charge in [-0.05, 0) is 18.6 Å². The summed E-state index contributed by atoms with van der Waals surface area (Å²) in [7, 11) is 3.44. The van der Waals surface area contributed by atoms with E-state index in [2.05, 4.69) is 0 Å². The lowest BCUT2D eigenvalue weighted by molar-refractivity contribution is -0.142. The molecule has 0 aromatic heterocycles. The normalized spacial score (nSPS) is 23.3. The first-order valence-electron chi connectivity index (χ1n) is 8.44. The first-order valence-corrected chi connectivity index (χ1v) is 8.44. The van der Waals surface area contributed by atoms with Crippen LogP contribution in [0, 0.1) is 0 Å². The molecule has 2 saturated heterocycles. The summed E-state index contributed by atoms with van der Waals surface area (Å²) in [6, 6.07) is 9.41. The zero-order valence-electron chi connectivity index (χ0n) is 14.9. The third kappa shape index (κ3) is 3.06. The van der Waals surface area contributed by atoms with E-state index in [1.807, 2.05) is 30.3 Å². The Morgan fingerprint density at radius 3 is 2.40 bits per heavy atom. The van der Waals surface area contributed by atoms with Crippen LogP contribution in [0.3, 0.4) is 0 Å². The van der Waals surface area contributed by atoms with Gasteiger partial charge in [-0.2, -0.15) is 0 Å². The van der Waals surface area contributed by atoms with Gasteiger partial charge in [0.1, 0.15) is 6.54 Å². The maximum absolute atomic E-state index is 12.6. The molecule has 0 N–H and O–H groups in total. The Morgan fingerprint density at radius 2 is 1.80 bits per heavy atom. The molecule has 2 heterocycles. The summed E-state index contributed by atoms with van der Waals surface area (Å²) in [4.78, 5) is 43.8. The Hall–Kier alpha value is -2.57. The van der Waals surface area contributed by atoms with Gasteiger partial charge in [0, 0.05) is 39.8 Å². The Labute approximate surface area is 147 Å². The second-order valence-corrected chi connectivity index (χ2v) is 6.99. The molecular formula is C18H24N4O3. The molecular weight excluding hydrogens is 320 g/mol. The van der Waals surface area contributed by atoms with Crippen LogP contribution in [0.4, 0.5) is 10.5 Å². The van der Waals surface area contributed by atoms with Crippen LogP contribution in [0.2, 0.25) is 0 Å². The molecule has 134 valence electrons. The van der Waals surface area contributed by atoms with Crippen LogP contribution < -0.4 is 4.90 Å².